The molecule has 0 aliphatic heterocycles. The molecule has 4 heteroatoms. The van der Waals surface area contributed by atoms with Crippen molar-refractivity contribution in [2.24, 2.45) is 11.1 Å². The lowest BCUT2D eigenvalue weighted by Gasteiger charge is -2.21. The number of unbranched alkanes of at least 4 members (excludes halogenated alkanes) is 1. The fraction of sp³-hybridized carbons (Fsp3) is 0.571. The van der Waals surface area contributed by atoms with E-state index in [1.54, 1.807) is 12.1 Å². The van der Waals surface area contributed by atoms with Crippen LogP contribution in [0.1, 0.15) is 33.1 Å². The molecule has 0 amide bonds. The summed E-state index contributed by atoms with van der Waals surface area (Å²) < 4.78 is 5.62. The van der Waals surface area contributed by atoms with Gasteiger partial charge < -0.3 is 10.5 Å². The number of hydrogen-bond acceptors (Lipinski definition) is 2. The lowest BCUT2D eigenvalue weighted by Crippen LogP contribution is -2.23. The highest BCUT2D eigenvalue weighted by Gasteiger charge is 2.14. The predicted molar refractivity (Wildman–Crippen MR) is 78.6 cm³/mol. The van der Waals surface area contributed by atoms with E-state index in [2.05, 4.69) is 13.8 Å². The van der Waals surface area contributed by atoms with Crippen LogP contribution < -0.4 is 10.5 Å². The minimum Gasteiger partial charge on any atom is -0.494 e. The first kappa shape index (κ1) is 15.6. The average molecular weight is 290 g/mol. The van der Waals surface area contributed by atoms with Crippen molar-refractivity contribution in [3.63, 3.8) is 0 Å². The summed E-state index contributed by atoms with van der Waals surface area (Å²) in [6.45, 7) is 5.79. The predicted octanol–water partition coefficient (Wildman–Crippen LogP) is 4.53. The van der Waals surface area contributed by atoms with Crippen molar-refractivity contribution in [2.75, 3.05) is 13.2 Å². The van der Waals surface area contributed by atoms with Gasteiger partial charge >= 0.3 is 0 Å². The number of rotatable bonds is 7. The summed E-state index contributed by atoms with van der Waals surface area (Å²) in [4.78, 5) is 0. The van der Waals surface area contributed by atoms with Gasteiger partial charge in [-0.3, -0.25) is 0 Å². The summed E-state index contributed by atoms with van der Waals surface area (Å²) in [5.41, 5.74) is 5.91. The van der Waals surface area contributed by atoms with E-state index >= 15 is 0 Å². The maximum absolute atomic E-state index is 5.91. The Bertz CT molecular complexity index is 380. The van der Waals surface area contributed by atoms with Crippen LogP contribution in [0.5, 0.6) is 5.75 Å². The Morgan fingerprint density at radius 1 is 1.17 bits per heavy atom. The van der Waals surface area contributed by atoms with Crippen LogP contribution in [0.3, 0.4) is 0 Å². The largest absolute Gasteiger partial charge is 0.494 e. The van der Waals surface area contributed by atoms with Crippen LogP contribution in [-0.4, -0.2) is 13.2 Å². The molecule has 1 aromatic carbocycles. The molecule has 18 heavy (non-hydrogen) atoms. The van der Waals surface area contributed by atoms with Crippen LogP contribution in [-0.2, 0) is 0 Å². The third-order valence-corrected chi connectivity index (χ3v) is 3.70. The van der Waals surface area contributed by atoms with Gasteiger partial charge in [-0.05, 0) is 43.4 Å². The summed E-state index contributed by atoms with van der Waals surface area (Å²) in [5.74, 6) is 0.766. The van der Waals surface area contributed by atoms with Gasteiger partial charge in [-0.25, -0.2) is 0 Å². The standard InChI is InChI=1S/C14H21Cl2NO/c1-14(2,10-17)7-3-4-8-18-11-5-6-12(15)13(16)9-11/h5-6,9H,3-4,7-8,10,17H2,1-2H3. The van der Waals surface area contributed by atoms with E-state index in [4.69, 9.17) is 33.7 Å². The maximum atomic E-state index is 5.91. The molecular formula is C14H21Cl2NO. The van der Waals surface area contributed by atoms with Crippen molar-refractivity contribution in [1.82, 2.24) is 0 Å². The van der Waals surface area contributed by atoms with Crippen LogP contribution in [0.25, 0.3) is 0 Å². The van der Waals surface area contributed by atoms with E-state index in [0.717, 1.165) is 31.6 Å². The van der Waals surface area contributed by atoms with Crippen LogP contribution >= 0.6 is 23.2 Å². The minimum absolute atomic E-state index is 0.226. The van der Waals surface area contributed by atoms with E-state index in [1.807, 2.05) is 6.07 Å². The molecule has 102 valence electrons. The van der Waals surface area contributed by atoms with Crippen molar-refractivity contribution >= 4 is 23.2 Å². The number of hydrogen-bond donors (Lipinski definition) is 1. The molecule has 0 spiro atoms. The zero-order chi connectivity index (χ0) is 13.6. The first-order valence-electron chi connectivity index (χ1n) is 6.22. The quantitative estimate of drug-likeness (QED) is 0.749. The van der Waals surface area contributed by atoms with Crippen molar-refractivity contribution in [3.8, 4) is 5.75 Å². The summed E-state index contributed by atoms with van der Waals surface area (Å²) in [5, 5.41) is 1.08. The van der Waals surface area contributed by atoms with Gasteiger partial charge in [-0.1, -0.05) is 37.0 Å². The van der Waals surface area contributed by atoms with E-state index in [9.17, 15) is 0 Å². The van der Waals surface area contributed by atoms with Gasteiger partial charge in [0.2, 0.25) is 0 Å². The lowest BCUT2D eigenvalue weighted by atomic mass is 9.87. The molecule has 0 saturated carbocycles. The fourth-order valence-corrected chi connectivity index (χ4v) is 1.85. The normalized spacial score (nSPS) is 11.6. The first-order valence-corrected chi connectivity index (χ1v) is 6.98. The van der Waals surface area contributed by atoms with Gasteiger partial charge in [0.15, 0.2) is 0 Å². The highest BCUT2D eigenvalue weighted by molar-refractivity contribution is 6.42. The van der Waals surface area contributed by atoms with Crippen LogP contribution in [0.2, 0.25) is 10.0 Å². The Morgan fingerprint density at radius 2 is 1.89 bits per heavy atom. The van der Waals surface area contributed by atoms with Gasteiger partial charge in [0.05, 0.1) is 16.7 Å². The third kappa shape index (κ3) is 5.47. The Balaban J connectivity index is 2.24. The molecule has 2 nitrogen and oxygen atoms in total. The smallest absolute Gasteiger partial charge is 0.120 e. The van der Waals surface area contributed by atoms with E-state index < -0.39 is 0 Å². The second-order valence-corrected chi connectivity index (χ2v) is 6.06. The second-order valence-electron chi connectivity index (χ2n) is 5.25. The van der Waals surface area contributed by atoms with Gasteiger partial charge in [-0.2, -0.15) is 0 Å². The number of ether oxygens (including phenoxy) is 1. The molecule has 0 aliphatic rings. The zero-order valence-electron chi connectivity index (χ0n) is 11.0. The molecular weight excluding hydrogens is 269 g/mol. The second kappa shape index (κ2) is 7.22. The summed E-state index contributed by atoms with van der Waals surface area (Å²) in [6.07, 6.45) is 3.25. The topological polar surface area (TPSA) is 35.2 Å². The van der Waals surface area contributed by atoms with E-state index in [-0.39, 0.29) is 5.41 Å². The van der Waals surface area contributed by atoms with Crippen molar-refractivity contribution in [2.45, 2.75) is 33.1 Å². The van der Waals surface area contributed by atoms with Gasteiger partial charge in [0.25, 0.3) is 0 Å². The Morgan fingerprint density at radius 3 is 2.50 bits per heavy atom. The molecule has 1 aromatic rings. The monoisotopic (exact) mass is 289 g/mol. The third-order valence-electron chi connectivity index (χ3n) is 2.96. The molecule has 0 bridgehead atoms. The molecule has 0 radical (unpaired) electrons. The average Bonchev–Trinajstić information content (AvgIpc) is 2.33. The van der Waals surface area contributed by atoms with Gasteiger partial charge in [0, 0.05) is 6.07 Å². The van der Waals surface area contributed by atoms with E-state index in [1.165, 1.54) is 0 Å². The number of benzene rings is 1. The number of halogens is 2. The summed E-state index contributed by atoms with van der Waals surface area (Å²) in [7, 11) is 0. The molecule has 1 rings (SSSR count). The molecule has 0 aliphatic carbocycles. The first-order chi connectivity index (χ1) is 8.44. The number of nitrogens with two attached hydrogens (primary N) is 1. The van der Waals surface area contributed by atoms with Crippen LogP contribution in [0.4, 0.5) is 0 Å². The zero-order valence-corrected chi connectivity index (χ0v) is 12.5. The molecule has 2 N–H and O–H groups in total. The maximum Gasteiger partial charge on any atom is 0.120 e. The summed E-state index contributed by atoms with van der Waals surface area (Å²) >= 11 is 11.7. The SMILES string of the molecule is CC(C)(CN)CCCCOc1ccc(Cl)c(Cl)c1. The molecule has 0 atom stereocenters. The molecule has 0 unspecified atom stereocenters. The lowest BCUT2D eigenvalue weighted by molar-refractivity contribution is 0.279. The highest BCUT2D eigenvalue weighted by atomic mass is 35.5. The van der Waals surface area contributed by atoms with Crippen LogP contribution in [0.15, 0.2) is 18.2 Å². The Hall–Kier alpha value is -0.440. The van der Waals surface area contributed by atoms with E-state index in [0.29, 0.717) is 16.7 Å². The molecule has 0 fully saturated rings. The van der Waals surface area contributed by atoms with Gasteiger partial charge in [0.1, 0.15) is 5.75 Å². The molecule has 0 saturated heterocycles. The highest BCUT2D eigenvalue weighted by Crippen LogP contribution is 2.26. The van der Waals surface area contributed by atoms with Crippen LogP contribution in [0, 0.1) is 5.41 Å². The Kier molecular flexibility index (Phi) is 6.27. The summed E-state index contributed by atoms with van der Waals surface area (Å²) in [6, 6.07) is 5.32. The Labute approximate surface area is 119 Å². The molecule has 0 aromatic heterocycles. The van der Waals surface area contributed by atoms with Crippen molar-refractivity contribution in [3.05, 3.63) is 28.2 Å². The van der Waals surface area contributed by atoms with Gasteiger partial charge in [-0.15, -0.1) is 0 Å². The van der Waals surface area contributed by atoms with Crippen molar-refractivity contribution in [1.29, 1.82) is 0 Å². The molecule has 0 heterocycles. The minimum atomic E-state index is 0.226. The fourth-order valence-electron chi connectivity index (χ4n) is 1.56. The van der Waals surface area contributed by atoms with Crippen molar-refractivity contribution < 1.29 is 4.74 Å².